The summed E-state index contributed by atoms with van der Waals surface area (Å²) >= 11 is 5.15. The van der Waals surface area contributed by atoms with Gasteiger partial charge in [-0.05, 0) is 32.0 Å². The van der Waals surface area contributed by atoms with Gasteiger partial charge in [-0.25, -0.2) is 4.57 Å². The molecule has 0 radical (unpaired) electrons. The molecule has 3 fully saturated rings. The van der Waals surface area contributed by atoms with E-state index in [0.717, 1.165) is 25.7 Å². The fourth-order valence-corrected chi connectivity index (χ4v) is 5.68. The Kier molecular flexibility index (Phi) is 4.71. The van der Waals surface area contributed by atoms with E-state index in [1.807, 2.05) is 0 Å². The van der Waals surface area contributed by atoms with Crippen LogP contribution in [0.2, 0.25) is 0 Å². The van der Waals surface area contributed by atoms with Crippen LogP contribution in [0, 0.1) is 4.77 Å². The number of aromatic nitrogens is 2. The van der Waals surface area contributed by atoms with Crippen molar-refractivity contribution < 1.29 is 28.0 Å². The van der Waals surface area contributed by atoms with Gasteiger partial charge in [-0.3, -0.25) is 27.9 Å². The number of hydrogen-bond donors (Lipinski definition) is 2. The number of ether oxygens (including phenoxy) is 1. The van der Waals surface area contributed by atoms with Gasteiger partial charge in [0.2, 0.25) is 0 Å². The highest BCUT2D eigenvalue weighted by Gasteiger charge is 2.60. The fraction of sp³-hybridized carbons (Fsp3) is 0.733. The molecule has 1 aromatic rings. The van der Waals surface area contributed by atoms with Gasteiger partial charge in [-0.15, -0.1) is 0 Å². The van der Waals surface area contributed by atoms with Crippen LogP contribution in [-0.4, -0.2) is 45.2 Å². The number of phosphoric ester groups is 1. The third-order valence-electron chi connectivity index (χ3n) is 5.04. The van der Waals surface area contributed by atoms with E-state index in [4.69, 9.17) is 30.5 Å². The van der Waals surface area contributed by atoms with Crippen LogP contribution < -0.4 is 5.56 Å². The maximum atomic E-state index is 12.9. The van der Waals surface area contributed by atoms with Crippen LogP contribution in [0.5, 0.6) is 0 Å². The topological polar surface area (TPSA) is 112 Å². The molecule has 3 aliphatic rings. The van der Waals surface area contributed by atoms with Gasteiger partial charge in [0.25, 0.3) is 5.56 Å². The lowest BCUT2D eigenvalue weighted by Gasteiger charge is -2.35. The van der Waals surface area contributed by atoms with Crippen molar-refractivity contribution in [3.05, 3.63) is 27.4 Å². The lowest BCUT2D eigenvalue weighted by Crippen LogP contribution is -2.48. The van der Waals surface area contributed by atoms with Crippen molar-refractivity contribution >= 4 is 20.0 Å². The Labute approximate surface area is 154 Å². The van der Waals surface area contributed by atoms with Gasteiger partial charge < -0.3 is 9.84 Å². The minimum atomic E-state index is -3.78. The summed E-state index contributed by atoms with van der Waals surface area (Å²) in [5.41, 5.74) is -1.91. The predicted octanol–water partition coefficient (Wildman–Crippen LogP) is 2.04. The zero-order valence-electron chi connectivity index (χ0n) is 14.2. The first-order valence-corrected chi connectivity index (χ1v) is 10.5. The molecule has 1 aromatic heterocycles. The lowest BCUT2D eigenvalue weighted by molar-refractivity contribution is -0.0942. The molecule has 0 aromatic carbocycles. The zero-order valence-corrected chi connectivity index (χ0v) is 15.9. The molecule has 0 bridgehead atoms. The quantitative estimate of drug-likeness (QED) is 0.581. The molecule has 3 heterocycles. The molecule has 0 spiro atoms. The van der Waals surface area contributed by atoms with E-state index in [1.54, 1.807) is 0 Å². The summed E-state index contributed by atoms with van der Waals surface area (Å²) in [7, 11) is -3.78. The van der Waals surface area contributed by atoms with Crippen molar-refractivity contribution in [2.45, 2.75) is 62.7 Å². The number of hydrogen-bond acceptors (Lipinski definition) is 8. The first kappa shape index (κ1) is 18.5. The molecule has 2 N–H and O–H groups in total. The van der Waals surface area contributed by atoms with Crippen LogP contribution in [0.1, 0.15) is 38.8 Å². The Balaban J connectivity index is 1.58. The SMILES string of the molecule is CC1(O)[C@H]2OP(=O)(OC3CCCC3)OC[C@H]2O[C@H]1n1ccc(=O)[nH]c1=S. The molecule has 2 saturated heterocycles. The monoisotopic (exact) mass is 404 g/mol. The fourth-order valence-electron chi connectivity index (χ4n) is 3.72. The summed E-state index contributed by atoms with van der Waals surface area (Å²) in [4.78, 5) is 13.9. The normalized spacial score (nSPS) is 40.6. The summed E-state index contributed by atoms with van der Waals surface area (Å²) in [5, 5.41) is 11.0. The van der Waals surface area contributed by atoms with Crippen molar-refractivity contribution in [2.75, 3.05) is 6.61 Å². The third kappa shape index (κ3) is 3.24. The molecule has 2 aliphatic heterocycles. The maximum absolute atomic E-state index is 12.9. The van der Waals surface area contributed by atoms with Crippen molar-refractivity contribution in [3.8, 4) is 0 Å². The lowest BCUT2D eigenvalue weighted by atomic mass is 9.96. The largest absolute Gasteiger partial charge is 0.475 e. The zero-order chi connectivity index (χ0) is 18.5. The third-order valence-corrected chi connectivity index (χ3v) is 6.86. The summed E-state index contributed by atoms with van der Waals surface area (Å²) in [5.74, 6) is 0. The molecular formula is C15H21N2O7PS. The molecule has 11 heteroatoms. The van der Waals surface area contributed by atoms with Crippen molar-refractivity contribution in [1.29, 1.82) is 0 Å². The molecule has 5 atom stereocenters. The average molecular weight is 404 g/mol. The Morgan fingerprint density at radius 2 is 2.19 bits per heavy atom. The summed E-state index contributed by atoms with van der Waals surface area (Å²) in [6.45, 7) is 1.48. The maximum Gasteiger partial charge on any atom is 0.475 e. The molecule has 2 unspecified atom stereocenters. The molecule has 4 rings (SSSR count). The second kappa shape index (κ2) is 6.63. The Bertz CT molecular complexity index is 847. The van der Waals surface area contributed by atoms with E-state index in [9.17, 15) is 14.5 Å². The predicted molar refractivity (Wildman–Crippen MR) is 92.2 cm³/mol. The molecule has 1 aliphatic carbocycles. The second-order valence-corrected chi connectivity index (χ2v) is 9.01. The number of nitrogens with one attached hydrogen (secondary N) is 1. The van der Waals surface area contributed by atoms with Crippen LogP contribution in [0.25, 0.3) is 0 Å². The Hall–Kier alpha value is -0.870. The molecule has 1 saturated carbocycles. The van der Waals surface area contributed by atoms with Crippen LogP contribution >= 0.6 is 20.0 Å². The number of nitrogens with zero attached hydrogens (tertiary/aromatic N) is 1. The van der Waals surface area contributed by atoms with Gasteiger partial charge in [0.05, 0.1) is 12.7 Å². The van der Waals surface area contributed by atoms with E-state index in [-0.39, 0.29) is 23.0 Å². The summed E-state index contributed by atoms with van der Waals surface area (Å²) in [6.07, 6.45) is 2.46. The van der Waals surface area contributed by atoms with Gasteiger partial charge in [0.15, 0.2) is 11.0 Å². The number of rotatable bonds is 3. The first-order chi connectivity index (χ1) is 12.3. The average Bonchev–Trinajstić information content (AvgIpc) is 3.14. The molecule has 0 amide bonds. The highest BCUT2D eigenvalue weighted by molar-refractivity contribution is 7.71. The van der Waals surface area contributed by atoms with Crippen LogP contribution in [0.15, 0.2) is 17.1 Å². The van der Waals surface area contributed by atoms with Crippen molar-refractivity contribution in [2.24, 2.45) is 0 Å². The van der Waals surface area contributed by atoms with Gasteiger partial charge in [-0.2, -0.15) is 0 Å². The van der Waals surface area contributed by atoms with E-state index in [0.29, 0.717) is 0 Å². The molecule has 9 nitrogen and oxygen atoms in total. The first-order valence-electron chi connectivity index (χ1n) is 8.59. The molecular weight excluding hydrogens is 383 g/mol. The number of phosphoric acid groups is 1. The summed E-state index contributed by atoms with van der Waals surface area (Å²) < 4.78 is 36.8. The van der Waals surface area contributed by atoms with Gasteiger partial charge in [0.1, 0.15) is 17.8 Å². The standard InChI is InChI=1S/C15H21N2O7PS/c1-15(19)12-10(22-13(15)17-7-6-11(18)16-14(17)26)8-21-25(20,24-12)23-9-4-2-3-5-9/h6-7,9-10,12-13,19H,2-5,8H2,1H3,(H,16,18,26)/t10-,12+,13-,15?,25?/m1/s1. The van der Waals surface area contributed by atoms with E-state index < -0.39 is 31.9 Å². The Morgan fingerprint density at radius 3 is 2.88 bits per heavy atom. The minimum Gasteiger partial charge on any atom is -0.383 e. The minimum absolute atomic E-state index is 0.0298. The van der Waals surface area contributed by atoms with E-state index >= 15 is 0 Å². The van der Waals surface area contributed by atoms with Gasteiger partial charge >= 0.3 is 7.82 Å². The highest BCUT2D eigenvalue weighted by atomic mass is 32.1. The van der Waals surface area contributed by atoms with Crippen molar-refractivity contribution in [3.63, 3.8) is 0 Å². The van der Waals surface area contributed by atoms with Crippen LogP contribution in [0.3, 0.4) is 0 Å². The van der Waals surface area contributed by atoms with Gasteiger partial charge in [-0.1, -0.05) is 12.8 Å². The highest BCUT2D eigenvalue weighted by Crippen LogP contribution is 2.60. The number of H-pyrrole nitrogens is 1. The number of fused-ring (bicyclic) bond motifs is 1. The smallest absolute Gasteiger partial charge is 0.383 e. The number of aliphatic hydroxyl groups is 1. The van der Waals surface area contributed by atoms with Crippen LogP contribution in [-0.2, 0) is 22.9 Å². The van der Waals surface area contributed by atoms with Crippen molar-refractivity contribution in [1.82, 2.24) is 9.55 Å². The molecule has 144 valence electrons. The van der Waals surface area contributed by atoms with E-state index in [2.05, 4.69) is 4.98 Å². The van der Waals surface area contributed by atoms with Gasteiger partial charge in [0, 0.05) is 12.3 Å². The number of aromatic amines is 1. The summed E-state index contributed by atoms with van der Waals surface area (Å²) in [6, 6.07) is 1.28. The second-order valence-electron chi connectivity index (χ2n) is 7.05. The molecule has 26 heavy (non-hydrogen) atoms. The Morgan fingerprint density at radius 1 is 1.46 bits per heavy atom. The van der Waals surface area contributed by atoms with Crippen LogP contribution in [0.4, 0.5) is 0 Å². The van der Waals surface area contributed by atoms with E-state index in [1.165, 1.54) is 23.8 Å².